The van der Waals surface area contributed by atoms with Crippen molar-refractivity contribution in [2.45, 2.75) is 39.2 Å². The van der Waals surface area contributed by atoms with E-state index in [4.69, 9.17) is 4.74 Å². The Balaban J connectivity index is 2.61. The van der Waals surface area contributed by atoms with Crippen molar-refractivity contribution in [3.63, 3.8) is 0 Å². The molecule has 0 radical (unpaired) electrons. The first-order valence-electron chi connectivity index (χ1n) is 5.50. The minimum Gasteiger partial charge on any atom is -0.458 e. The third kappa shape index (κ3) is 2.01. The van der Waals surface area contributed by atoms with Gasteiger partial charge in [0.25, 0.3) is 0 Å². The van der Waals surface area contributed by atoms with Crippen LogP contribution < -0.4 is 0 Å². The maximum Gasteiger partial charge on any atom is 0.310 e. The van der Waals surface area contributed by atoms with Crippen LogP contribution in [0.2, 0.25) is 0 Å². The maximum absolute atomic E-state index is 11.5. The van der Waals surface area contributed by atoms with Crippen molar-refractivity contribution in [3.8, 4) is 0 Å². The molecule has 1 aliphatic rings. The van der Waals surface area contributed by atoms with Gasteiger partial charge in [-0.3, -0.25) is 4.79 Å². The molecule has 0 spiro atoms. The van der Waals surface area contributed by atoms with Gasteiger partial charge in [-0.1, -0.05) is 29.8 Å². The third-order valence-electron chi connectivity index (χ3n) is 2.97. The van der Waals surface area contributed by atoms with E-state index in [0.717, 1.165) is 15.6 Å². The molecule has 0 amide bonds. The fraction of sp³-hybridized carbons (Fsp3) is 0.462. The molecule has 0 saturated heterocycles. The van der Waals surface area contributed by atoms with Crippen LogP contribution in [0.15, 0.2) is 16.6 Å². The number of hydrogen-bond acceptors (Lipinski definition) is 2. The molecular weight excluding hydrogens is 268 g/mol. The molecule has 1 aliphatic heterocycles. The number of rotatable bonds is 1. The number of hydrogen-bond donors (Lipinski definition) is 0. The van der Waals surface area contributed by atoms with E-state index in [2.05, 4.69) is 41.9 Å². The lowest BCUT2D eigenvalue weighted by Gasteiger charge is -2.26. The van der Waals surface area contributed by atoms with E-state index in [1.54, 1.807) is 0 Å². The Morgan fingerprint density at radius 1 is 1.44 bits per heavy atom. The topological polar surface area (TPSA) is 26.3 Å². The lowest BCUT2D eigenvalue weighted by Crippen LogP contribution is -2.21. The molecule has 86 valence electrons. The monoisotopic (exact) mass is 282 g/mol. The second-order valence-electron chi connectivity index (χ2n) is 4.53. The number of carbonyl (C=O) groups excluding carboxylic acids is 1. The van der Waals surface area contributed by atoms with Gasteiger partial charge >= 0.3 is 5.97 Å². The highest BCUT2D eigenvalue weighted by Gasteiger charge is 2.26. The van der Waals surface area contributed by atoms with Gasteiger partial charge in [0.05, 0.1) is 6.42 Å². The normalized spacial score (nSPS) is 19.6. The van der Waals surface area contributed by atoms with Crippen molar-refractivity contribution >= 4 is 21.9 Å². The molecular formula is C13H15BrO2. The second kappa shape index (κ2) is 4.21. The highest BCUT2D eigenvalue weighted by Crippen LogP contribution is 2.35. The number of esters is 1. The zero-order valence-electron chi connectivity index (χ0n) is 9.71. The van der Waals surface area contributed by atoms with Gasteiger partial charge < -0.3 is 4.74 Å². The van der Waals surface area contributed by atoms with Crippen LogP contribution in [0.25, 0.3) is 0 Å². The molecule has 0 fully saturated rings. The molecule has 0 bridgehead atoms. The molecule has 2 rings (SSSR count). The Kier molecular flexibility index (Phi) is 3.06. The zero-order chi connectivity index (χ0) is 11.9. The van der Waals surface area contributed by atoms with E-state index >= 15 is 0 Å². The predicted octanol–water partition coefficient (Wildman–Crippen LogP) is 3.73. The summed E-state index contributed by atoms with van der Waals surface area (Å²) in [5, 5.41) is 0. The SMILES string of the molecule is CC(C)c1cc(Br)cc2c1CC(=O)OC2C. The van der Waals surface area contributed by atoms with Gasteiger partial charge in [-0.2, -0.15) is 0 Å². The summed E-state index contributed by atoms with van der Waals surface area (Å²) >= 11 is 3.51. The van der Waals surface area contributed by atoms with E-state index in [1.165, 1.54) is 5.56 Å². The molecule has 1 aromatic rings. The van der Waals surface area contributed by atoms with Crippen LogP contribution in [0.5, 0.6) is 0 Å². The fourth-order valence-corrected chi connectivity index (χ4v) is 2.70. The number of carbonyl (C=O) groups is 1. The number of ether oxygens (including phenoxy) is 1. The maximum atomic E-state index is 11.5. The van der Waals surface area contributed by atoms with Gasteiger partial charge in [-0.15, -0.1) is 0 Å². The van der Waals surface area contributed by atoms with Crippen molar-refractivity contribution in [2.24, 2.45) is 0 Å². The van der Waals surface area contributed by atoms with Gasteiger partial charge in [-0.05, 0) is 41.7 Å². The predicted molar refractivity (Wildman–Crippen MR) is 66.4 cm³/mol. The number of cyclic esters (lactones) is 1. The highest BCUT2D eigenvalue weighted by atomic mass is 79.9. The first-order valence-corrected chi connectivity index (χ1v) is 6.30. The molecule has 0 aliphatic carbocycles. The van der Waals surface area contributed by atoms with Gasteiger partial charge in [0.2, 0.25) is 0 Å². The first-order chi connectivity index (χ1) is 7.49. The molecule has 0 saturated carbocycles. The average Bonchev–Trinajstić information content (AvgIpc) is 2.18. The Hall–Kier alpha value is -0.830. The summed E-state index contributed by atoms with van der Waals surface area (Å²) < 4.78 is 6.30. The van der Waals surface area contributed by atoms with Gasteiger partial charge in [0.15, 0.2) is 0 Å². The fourth-order valence-electron chi connectivity index (χ4n) is 2.21. The molecule has 0 N–H and O–H groups in total. The van der Waals surface area contributed by atoms with Crippen molar-refractivity contribution in [1.29, 1.82) is 0 Å². The molecule has 0 aromatic heterocycles. The van der Waals surface area contributed by atoms with Crippen molar-refractivity contribution in [3.05, 3.63) is 33.3 Å². The van der Waals surface area contributed by atoms with Gasteiger partial charge in [-0.25, -0.2) is 0 Å². The summed E-state index contributed by atoms with van der Waals surface area (Å²) in [6.45, 7) is 6.21. The molecule has 1 aromatic carbocycles. The van der Waals surface area contributed by atoms with Crippen molar-refractivity contribution in [2.75, 3.05) is 0 Å². The lowest BCUT2D eigenvalue weighted by atomic mass is 9.88. The molecule has 3 heteroatoms. The molecule has 16 heavy (non-hydrogen) atoms. The van der Waals surface area contributed by atoms with E-state index < -0.39 is 0 Å². The van der Waals surface area contributed by atoms with Crippen LogP contribution in [-0.4, -0.2) is 5.97 Å². The standard InChI is InChI=1S/C13H15BrO2/c1-7(2)10-4-9(14)5-11-8(3)16-13(15)6-12(10)11/h4-5,7-8H,6H2,1-3H3. The highest BCUT2D eigenvalue weighted by molar-refractivity contribution is 9.10. The molecule has 2 nitrogen and oxygen atoms in total. The number of benzene rings is 1. The van der Waals surface area contributed by atoms with E-state index in [9.17, 15) is 4.79 Å². The van der Waals surface area contributed by atoms with Crippen molar-refractivity contribution < 1.29 is 9.53 Å². The Morgan fingerprint density at radius 2 is 2.12 bits per heavy atom. The lowest BCUT2D eigenvalue weighted by molar-refractivity contribution is -0.149. The van der Waals surface area contributed by atoms with Crippen molar-refractivity contribution in [1.82, 2.24) is 0 Å². The average molecular weight is 283 g/mol. The quantitative estimate of drug-likeness (QED) is 0.734. The van der Waals surface area contributed by atoms with E-state index in [1.807, 2.05) is 6.92 Å². The van der Waals surface area contributed by atoms with Crippen LogP contribution in [-0.2, 0) is 16.0 Å². The van der Waals surface area contributed by atoms with Crippen LogP contribution in [0.4, 0.5) is 0 Å². The van der Waals surface area contributed by atoms with Crippen LogP contribution >= 0.6 is 15.9 Å². The summed E-state index contributed by atoms with van der Waals surface area (Å²) in [6, 6.07) is 4.16. The van der Waals surface area contributed by atoms with Crippen LogP contribution in [0, 0.1) is 0 Å². The third-order valence-corrected chi connectivity index (χ3v) is 3.43. The van der Waals surface area contributed by atoms with Crippen LogP contribution in [0.1, 0.15) is 49.5 Å². The molecule has 1 heterocycles. The Labute approximate surface area is 104 Å². The molecule has 1 unspecified atom stereocenters. The first kappa shape index (κ1) is 11.6. The van der Waals surface area contributed by atoms with Crippen LogP contribution in [0.3, 0.4) is 0 Å². The van der Waals surface area contributed by atoms with Gasteiger partial charge in [0, 0.05) is 4.47 Å². The largest absolute Gasteiger partial charge is 0.458 e. The van der Waals surface area contributed by atoms with E-state index in [0.29, 0.717) is 12.3 Å². The minimum absolute atomic E-state index is 0.121. The summed E-state index contributed by atoms with van der Waals surface area (Å²) in [7, 11) is 0. The summed E-state index contributed by atoms with van der Waals surface area (Å²) in [5.74, 6) is 0.300. The summed E-state index contributed by atoms with van der Waals surface area (Å²) in [4.78, 5) is 11.5. The van der Waals surface area contributed by atoms with E-state index in [-0.39, 0.29) is 12.1 Å². The summed E-state index contributed by atoms with van der Waals surface area (Å²) in [6.07, 6.45) is 0.270. The minimum atomic E-state index is -0.133. The van der Waals surface area contributed by atoms with Gasteiger partial charge in [0.1, 0.15) is 6.10 Å². The zero-order valence-corrected chi connectivity index (χ0v) is 11.3. The molecule has 1 atom stereocenters. The number of halogens is 1. The Morgan fingerprint density at radius 3 is 2.75 bits per heavy atom. The second-order valence-corrected chi connectivity index (χ2v) is 5.44. The smallest absolute Gasteiger partial charge is 0.310 e. The Bertz CT molecular complexity index is 421. The summed E-state index contributed by atoms with van der Waals surface area (Å²) in [5.41, 5.74) is 3.53. The number of fused-ring (bicyclic) bond motifs is 1.